The molecule has 1 amide bonds. The second-order valence-electron chi connectivity index (χ2n) is 4.96. The van der Waals surface area contributed by atoms with Crippen LogP contribution in [0.1, 0.15) is 38.9 Å². The van der Waals surface area contributed by atoms with E-state index in [2.05, 4.69) is 31.2 Å². The molecule has 0 aliphatic rings. The summed E-state index contributed by atoms with van der Waals surface area (Å²) in [4.78, 5) is 13.6. The summed E-state index contributed by atoms with van der Waals surface area (Å²) in [5.74, 6) is 0.819. The second kappa shape index (κ2) is 6.45. The van der Waals surface area contributed by atoms with E-state index in [4.69, 9.17) is 5.73 Å². The van der Waals surface area contributed by atoms with Gasteiger partial charge in [0.15, 0.2) is 5.82 Å². The first-order chi connectivity index (χ1) is 8.92. The third-order valence-electron chi connectivity index (χ3n) is 3.00. The van der Waals surface area contributed by atoms with Crippen LogP contribution in [0.3, 0.4) is 0 Å². The van der Waals surface area contributed by atoms with Crippen LogP contribution in [0.2, 0.25) is 0 Å². The molecule has 0 atom stereocenters. The number of carbonyl (C=O) groups is 1. The molecule has 1 rings (SSSR count). The zero-order valence-electron chi connectivity index (χ0n) is 12.5. The number of aryl methyl sites for hydroxylation is 1. The van der Waals surface area contributed by atoms with Crippen molar-refractivity contribution in [2.45, 2.75) is 40.2 Å². The summed E-state index contributed by atoms with van der Waals surface area (Å²) in [5.41, 5.74) is 7.60. The van der Waals surface area contributed by atoms with E-state index in [-0.39, 0.29) is 11.9 Å². The molecule has 6 heteroatoms. The van der Waals surface area contributed by atoms with E-state index in [0.717, 1.165) is 24.5 Å². The van der Waals surface area contributed by atoms with E-state index >= 15 is 0 Å². The molecular weight excluding hydrogens is 242 g/mol. The Morgan fingerprint density at radius 3 is 2.63 bits per heavy atom. The Kier molecular flexibility index (Phi) is 5.20. The van der Waals surface area contributed by atoms with Crippen LogP contribution >= 0.6 is 0 Å². The topological polar surface area (TPSA) is 76.2 Å². The molecular formula is C13H25N5O. The van der Waals surface area contributed by atoms with Gasteiger partial charge in [0.1, 0.15) is 0 Å². The maximum Gasteiger partial charge on any atom is 0.239 e. The largest absolute Gasteiger partial charge is 0.394 e. The molecule has 0 spiro atoms. The monoisotopic (exact) mass is 267 g/mol. The fourth-order valence-electron chi connectivity index (χ4n) is 2.01. The lowest BCUT2D eigenvalue weighted by atomic mass is 10.3. The minimum atomic E-state index is -0.0259. The maximum absolute atomic E-state index is 11.6. The number of carbonyl (C=O) groups excluding carboxylic acids is 1. The lowest BCUT2D eigenvalue weighted by molar-refractivity contribution is -0.119. The highest BCUT2D eigenvalue weighted by molar-refractivity contribution is 5.82. The van der Waals surface area contributed by atoms with Gasteiger partial charge in [0.2, 0.25) is 5.91 Å². The molecule has 1 aromatic heterocycles. The van der Waals surface area contributed by atoms with Crippen LogP contribution in [-0.2, 0) is 4.79 Å². The summed E-state index contributed by atoms with van der Waals surface area (Å²) in [6.45, 7) is 9.15. The zero-order chi connectivity index (χ0) is 14.6. The fourth-order valence-corrected chi connectivity index (χ4v) is 2.01. The highest BCUT2D eigenvalue weighted by Crippen LogP contribution is 2.29. The number of nitrogens with zero attached hydrogens (tertiary/aromatic N) is 3. The van der Waals surface area contributed by atoms with Gasteiger partial charge < -0.3 is 16.0 Å². The molecule has 108 valence electrons. The average molecular weight is 267 g/mol. The van der Waals surface area contributed by atoms with Crippen molar-refractivity contribution in [2.24, 2.45) is 0 Å². The third-order valence-corrected chi connectivity index (χ3v) is 3.00. The van der Waals surface area contributed by atoms with Crippen molar-refractivity contribution < 1.29 is 4.79 Å². The van der Waals surface area contributed by atoms with Crippen molar-refractivity contribution >= 4 is 17.4 Å². The van der Waals surface area contributed by atoms with E-state index in [1.165, 1.54) is 0 Å². The molecule has 0 saturated heterocycles. The number of amides is 1. The lowest BCUT2D eigenvalue weighted by Crippen LogP contribution is -2.37. The normalized spacial score (nSPS) is 10.8. The van der Waals surface area contributed by atoms with Crippen LogP contribution in [-0.4, -0.2) is 35.8 Å². The molecule has 19 heavy (non-hydrogen) atoms. The summed E-state index contributed by atoms with van der Waals surface area (Å²) < 4.78 is 1.89. The van der Waals surface area contributed by atoms with Gasteiger partial charge in [-0.05, 0) is 27.2 Å². The van der Waals surface area contributed by atoms with Gasteiger partial charge in [-0.2, -0.15) is 5.10 Å². The summed E-state index contributed by atoms with van der Waals surface area (Å²) in [7, 11) is 1.64. The Morgan fingerprint density at radius 2 is 2.16 bits per heavy atom. The highest BCUT2D eigenvalue weighted by atomic mass is 16.1. The number of hydrogen-bond acceptors (Lipinski definition) is 4. The molecule has 6 nitrogen and oxygen atoms in total. The van der Waals surface area contributed by atoms with Crippen LogP contribution in [0.15, 0.2) is 0 Å². The summed E-state index contributed by atoms with van der Waals surface area (Å²) in [5, 5.41) is 7.11. The van der Waals surface area contributed by atoms with E-state index in [9.17, 15) is 4.79 Å². The van der Waals surface area contributed by atoms with Crippen LogP contribution in [0.4, 0.5) is 11.5 Å². The van der Waals surface area contributed by atoms with Gasteiger partial charge >= 0.3 is 0 Å². The van der Waals surface area contributed by atoms with Gasteiger partial charge in [0.25, 0.3) is 0 Å². The molecule has 0 aliphatic heterocycles. The molecule has 0 aromatic carbocycles. The average Bonchev–Trinajstić information content (AvgIpc) is 2.65. The molecule has 0 saturated carbocycles. The lowest BCUT2D eigenvalue weighted by Gasteiger charge is -2.26. The van der Waals surface area contributed by atoms with Crippen molar-refractivity contribution in [3.05, 3.63) is 5.69 Å². The zero-order valence-corrected chi connectivity index (χ0v) is 12.5. The van der Waals surface area contributed by atoms with Crippen LogP contribution in [0.25, 0.3) is 0 Å². The van der Waals surface area contributed by atoms with E-state index in [1.807, 2.05) is 16.5 Å². The SMILES string of the molecule is CCCN(CC(=O)NC)c1c(N)c(C)nn1C(C)C. The quantitative estimate of drug-likeness (QED) is 0.815. The van der Waals surface area contributed by atoms with Gasteiger partial charge in [-0.1, -0.05) is 6.92 Å². The van der Waals surface area contributed by atoms with Gasteiger partial charge in [0.05, 0.1) is 17.9 Å². The molecule has 3 N–H and O–H groups in total. The molecule has 0 aliphatic carbocycles. The van der Waals surface area contributed by atoms with Gasteiger partial charge in [-0.15, -0.1) is 0 Å². The Labute approximate surface area is 114 Å². The van der Waals surface area contributed by atoms with Crippen LogP contribution < -0.4 is 16.0 Å². The Morgan fingerprint density at radius 1 is 1.53 bits per heavy atom. The van der Waals surface area contributed by atoms with Crippen molar-refractivity contribution in [3.63, 3.8) is 0 Å². The second-order valence-corrected chi connectivity index (χ2v) is 4.96. The summed E-state index contributed by atoms with van der Waals surface area (Å²) in [6.07, 6.45) is 0.943. The molecule has 1 heterocycles. The number of hydrogen-bond donors (Lipinski definition) is 2. The van der Waals surface area contributed by atoms with E-state index in [1.54, 1.807) is 7.05 Å². The Hall–Kier alpha value is -1.72. The maximum atomic E-state index is 11.6. The number of likely N-dealkylation sites (N-methyl/N-ethyl adjacent to an activating group) is 1. The molecule has 0 unspecified atom stereocenters. The molecule has 0 radical (unpaired) electrons. The number of nitrogens with one attached hydrogen (secondary N) is 1. The smallest absolute Gasteiger partial charge is 0.239 e. The van der Waals surface area contributed by atoms with Crippen molar-refractivity contribution in [3.8, 4) is 0 Å². The predicted molar refractivity (Wildman–Crippen MR) is 78.3 cm³/mol. The first-order valence-corrected chi connectivity index (χ1v) is 6.72. The van der Waals surface area contributed by atoms with Crippen molar-refractivity contribution in [1.82, 2.24) is 15.1 Å². The molecule has 0 fully saturated rings. The molecule has 1 aromatic rings. The number of aromatic nitrogens is 2. The number of nitrogens with two attached hydrogens (primary N) is 1. The molecule has 0 bridgehead atoms. The van der Waals surface area contributed by atoms with E-state index < -0.39 is 0 Å². The number of nitrogen functional groups attached to an aromatic ring is 1. The predicted octanol–water partition coefficient (Wildman–Crippen LogP) is 1.32. The standard InChI is InChI=1S/C13H25N5O/c1-6-7-17(8-11(19)15-5)13-12(14)10(4)16-18(13)9(2)3/h9H,6-8,14H2,1-5H3,(H,15,19). The fraction of sp³-hybridized carbons (Fsp3) is 0.692. The minimum absolute atomic E-state index is 0.0259. The number of anilines is 2. The highest BCUT2D eigenvalue weighted by Gasteiger charge is 2.21. The van der Waals surface area contributed by atoms with Gasteiger partial charge in [0, 0.05) is 19.6 Å². The number of rotatable bonds is 6. The van der Waals surface area contributed by atoms with Crippen molar-refractivity contribution in [1.29, 1.82) is 0 Å². The third kappa shape index (κ3) is 3.39. The Bertz CT molecular complexity index is 438. The van der Waals surface area contributed by atoms with Gasteiger partial charge in [-0.25, -0.2) is 4.68 Å². The Balaban J connectivity index is 3.17. The van der Waals surface area contributed by atoms with Crippen LogP contribution in [0.5, 0.6) is 0 Å². The first kappa shape index (κ1) is 15.3. The van der Waals surface area contributed by atoms with Crippen LogP contribution in [0, 0.1) is 6.92 Å². The van der Waals surface area contributed by atoms with E-state index in [0.29, 0.717) is 12.2 Å². The summed E-state index contributed by atoms with van der Waals surface area (Å²) >= 11 is 0. The van der Waals surface area contributed by atoms with Crippen molar-refractivity contribution in [2.75, 3.05) is 30.8 Å². The minimum Gasteiger partial charge on any atom is -0.394 e. The summed E-state index contributed by atoms with van der Waals surface area (Å²) in [6, 6.07) is 0.204. The van der Waals surface area contributed by atoms with Gasteiger partial charge in [-0.3, -0.25) is 4.79 Å². The first-order valence-electron chi connectivity index (χ1n) is 6.72.